The zero-order valence-corrected chi connectivity index (χ0v) is 13.3. The van der Waals surface area contributed by atoms with Gasteiger partial charge < -0.3 is 5.32 Å². The molecule has 1 aliphatic rings. The summed E-state index contributed by atoms with van der Waals surface area (Å²) in [5.41, 5.74) is 3.51. The van der Waals surface area contributed by atoms with Gasteiger partial charge in [0.1, 0.15) is 5.82 Å². The van der Waals surface area contributed by atoms with Crippen LogP contribution in [0, 0.1) is 13.8 Å². The molecule has 1 amide bonds. The van der Waals surface area contributed by atoms with Crippen molar-refractivity contribution in [1.29, 1.82) is 0 Å². The van der Waals surface area contributed by atoms with Gasteiger partial charge in [-0.25, -0.2) is 9.97 Å². The van der Waals surface area contributed by atoms with Crippen molar-refractivity contribution in [1.82, 2.24) is 25.1 Å². The lowest BCUT2D eigenvalue weighted by Crippen LogP contribution is -2.31. The number of nitrogens with zero attached hydrogens (tertiary/aromatic N) is 4. The van der Waals surface area contributed by atoms with Crippen LogP contribution >= 0.6 is 0 Å². The van der Waals surface area contributed by atoms with E-state index in [1.54, 1.807) is 10.9 Å². The molecule has 22 heavy (non-hydrogen) atoms. The van der Waals surface area contributed by atoms with E-state index in [9.17, 15) is 4.79 Å². The summed E-state index contributed by atoms with van der Waals surface area (Å²) in [6, 6.07) is -0.0128. The molecule has 1 atom stereocenters. The molecule has 0 radical (unpaired) electrons. The Bertz CT molecular complexity index is 707. The standard InChI is InChI=1S/C16H21N5O/c1-4-21-9-13(10(2)20-21)16(22)19-15-7-5-6-14-12(15)8-17-11(3)18-14/h8-9,15H,4-7H2,1-3H3,(H,19,22)/t15-/m0/s1. The first kappa shape index (κ1) is 14.7. The van der Waals surface area contributed by atoms with E-state index in [1.165, 1.54) is 0 Å². The van der Waals surface area contributed by atoms with E-state index in [0.717, 1.165) is 48.6 Å². The monoisotopic (exact) mass is 299 g/mol. The van der Waals surface area contributed by atoms with Gasteiger partial charge in [-0.15, -0.1) is 0 Å². The van der Waals surface area contributed by atoms with Crippen LogP contribution in [-0.2, 0) is 13.0 Å². The molecule has 116 valence electrons. The van der Waals surface area contributed by atoms with Crippen LogP contribution in [0.25, 0.3) is 0 Å². The first-order valence-electron chi connectivity index (χ1n) is 7.75. The molecule has 0 bridgehead atoms. The first-order chi connectivity index (χ1) is 10.6. The Labute approximate surface area is 130 Å². The SMILES string of the molecule is CCn1cc(C(=O)N[C@H]2CCCc3nc(C)ncc32)c(C)n1. The normalized spacial score (nSPS) is 17.1. The van der Waals surface area contributed by atoms with E-state index < -0.39 is 0 Å². The van der Waals surface area contributed by atoms with Crippen LogP contribution in [0.2, 0.25) is 0 Å². The second-order valence-corrected chi connectivity index (χ2v) is 5.72. The number of hydrogen-bond acceptors (Lipinski definition) is 4. The molecule has 0 unspecified atom stereocenters. The van der Waals surface area contributed by atoms with Crippen molar-refractivity contribution in [3.8, 4) is 0 Å². The number of nitrogens with one attached hydrogen (secondary N) is 1. The fraction of sp³-hybridized carbons (Fsp3) is 0.500. The Morgan fingerprint density at radius 1 is 1.45 bits per heavy atom. The summed E-state index contributed by atoms with van der Waals surface area (Å²) < 4.78 is 1.78. The molecule has 0 spiro atoms. The number of hydrogen-bond donors (Lipinski definition) is 1. The smallest absolute Gasteiger partial charge is 0.255 e. The third-order valence-electron chi connectivity index (χ3n) is 4.12. The van der Waals surface area contributed by atoms with Gasteiger partial charge in [-0.05, 0) is 40.0 Å². The van der Waals surface area contributed by atoms with Crippen LogP contribution in [0.4, 0.5) is 0 Å². The van der Waals surface area contributed by atoms with Gasteiger partial charge in [-0.3, -0.25) is 9.48 Å². The molecule has 2 aromatic heterocycles. The van der Waals surface area contributed by atoms with E-state index in [2.05, 4.69) is 20.4 Å². The zero-order valence-electron chi connectivity index (χ0n) is 13.3. The van der Waals surface area contributed by atoms with E-state index >= 15 is 0 Å². The molecule has 0 saturated heterocycles. The molecule has 0 aromatic carbocycles. The van der Waals surface area contributed by atoms with Crippen LogP contribution in [-0.4, -0.2) is 25.7 Å². The third kappa shape index (κ3) is 2.73. The fourth-order valence-electron chi connectivity index (χ4n) is 2.94. The Kier molecular flexibility index (Phi) is 3.92. The molecule has 0 saturated carbocycles. The van der Waals surface area contributed by atoms with Gasteiger partial charge in [0, 0.05) is 30.2 Å². The minimum atomic E-state index is -0.0735. The summed E-state index contributed by atoms with van der Waals surface area (Å²) in [4.78, 5) is 21.3. The van der Waals surface area contributed by atoms with Gasteiger partial charge >= 0.3 is 0 Å². The van der Waals surface area contributed by atoms with Gasteiger partial charge in [-0.2, -0.15) is 5.10 Å². The lowest BCUT2D eigenvalue weighted by atomic mass is 9.92. The summed E-state index contributed by atoms with van der Waals surface area (Å²) in [5, 5.41) is 7.45. The molecule has 1 N–H and O–H groups in total. The summed E-state index contributed by atoms with van der Waals surface area (Å²) >= 11 is 0. The lowest BCUT2D eigenvalue weighted by Gasteiger charge is -2.25. The largest absolute Gasteiger partial charge is 0.345 e. The molecule has 2 heterocycles. The first-order valence-corrected chi connectivity index (χ1v) is 7.75. The van der Waals surface area contributed by atoms with E-state index in [1.807, 2.05) is 27.0 Å². The minimum Gasteiger partial charge on any atom is -0.345 e. The molecule has 2 aromatic rings. The highest BCUT2D eigenvalue weighted by atomic mass is 16.1. The van der Waals surface area contributed by atoms with Crippen molar-refractivity contribution < 1.29 is 4.79 Å². The van der Waals surface area contributed by atoms with Gasteiger partial charge in [0.15, 0.2) is 0 Å². The Hall–Kier alpha value is -2.24. The predicted octanol–water partition coefficient (Wildman–Crippen LogP) is 2.12. The maximum atomic E-state index is 12.5. The number of aryl methyl sites for hydroxylation is 4. The predicted molar refractivity (Wildman–Crippen MR) is 82.6 cm³/mol. The topological polar surface area (TPSA) is 72.7 Å². The van der Waals surface area contributed by atoms with Crippen LogP contribution < -0.4 is 5.32 Å². The number of carbonyl (C=O) groups excluding carboxylic acids is 1. The second-order valence-electron chi connectivity index (χ2n) is 5.72. The molecule has 0 fully saturated rings. The lowest BCUT2D eigenvalue weighted by molar-refractivity contribution is 0.0932. The summed E-state index contributed by atoms with van der Waals surface area (Å²) in [7, 11) is 0. The van der Waals surface area contributed by atoms with Crippen molar-refractivity contribution in [3.63, 3.8) is 0 Å². The highest BCUT2D eigenvalue weighted by Gasteiger charge is 2.25. The van der Waals surface area contributed by atoms with Crippen molar-refractivity contribution in [2.24, 2.45) is 0 Å². The number of fused-ring (bicyclic) bond motifs is 1. The van der Waals surface area contributed by atoms with Gasteiger partial charge in [-0.1, -0.05) is 0 Å². The highest BCUT2D eigenvalue weighted by Crippen LogP contribution is 2.28. The van der Waals surface area contributed by atoms with Gasteiger partial charge in [0.05, 0.1) is 17.3 Å². The summed E-state index contributed by atoms with van der Waals surface area (Å²) in [5.74, 6) is 0.710. The third-order valence-corrected chi connectivity index (χ3v) is 4.12. The van der Waals surface area contributed by atoms with Gasteiger partial charge in [0.2, 0.25) is 0 Å². The quantitative estimate of drug-likeness (QED) is 0.942. The molecule has 6 heteroatoms. The summed E-state index contributed by atoms with van der Waals surface area (Å²) in [6.45, 7) is 6.52. The Morgan fingerprint density at radius 2 is 2.27 bits per heavy atom. The van der Waals surface area contributed by atoms with Crippen molar-refractivity contribution >= 4 is 5.91 Å². The highest BCUT2D eigenvalue weighted by molar-refractivity contribution is 5.95. The van der Waals surface area contributed by atoms with E-state index in [-0.39, 0.29) is 11.9 Å². The minimum absolute atomic E-state index is 0.0128. The van der Waals surface area contributed by atoms with Crippen molar-refractivity contribution in [2.75, 3.05) is 0 Å². The van der Waals surface area contributed by atoms with Crippen LogP contribution in [0.3, 0.4) is 0 Å². The van der Waals surface area contributed by atoms with E-state index in [0.29, 0.717) is 5.56 Å². The number of rotatable bonds is 3. The second kappa shape index (κ2) is 5.87. The molecular formula is C16H21N5O. The fourth-order valence-corrected chi connectivity index (χ4v) is 2.94. The average Bonchev–Trinajstić information content (AvgIpc) is 2.88. The summed E-state index contributed by atoms with van der Waals surface area (Å²) in [6.07, 6.45) is 6.57. The number of carbonyl (C=O) groups is 1. The van der Waals surface area contributed by atoms with E-state index in [4.69, 9.17) is 0 Å². The van der Waals surface area contributed by atoms with Gasteiger partial charge in [0.25, 0.3) is 5.91 Å². The molecule has 3 rings (SSSR count). The van der Waals surface area contributed by atoms with Crippen LogP contribution in [0.15, 0.2) is 12.4 Å². The maximum absolute atomic E-state index is 12.5. The van der Waals surface area contributed by atoms with Crippen LogP contribution in [0.1, 0.15) is 58.9 Å². The number of amides is 1. The molecule has 1 aliphatic carbocycles. The Balaban J connectivity index is 1.82. The zero-order chi connectivity index (χ0) is 15.7. The average molecular weight is 299 g/mol. The molecule has 0 aliphatic heterocycles. The Morgan fingerprint density at radius 3 is 3.00 bits per heavy atom. The van der Waals surface area contributed by atoms with Crippen molar-refractivity contribution in [2.45, 2.75) is 52.6 Å². The number of aromatic nitrogens is 4. The van der Waals surface area contributed by atoms with Crippen LogP contribution in [0.5, 0.6) is 0 Å². The maximum Gasteiger partial charge on any atom is 0.255 e. The molecule has 6 nitrogen and oxygen atoms in total. The molecular weight excluding hydrogens is 278 g/mol. The van der Waals surface area contributed by atoms with Crippen molar-refractivity contribution in [3.05, 3.63) is 40.7 Å².